The average Bonchev–Trinajstić information content (AvgIpc) is 3.22. The van der Waals surface area contributed by atoms with Crippen molar-refractivity contribution in [1.29, 1.82) is 0 Å². The van der Waals surface area contributed by atoms with Gasteiger partial charge in [-0.25, -0.2) is 0 Å². The number of ether oxygens (including phenoxy) is 2. The van der Waals surface area contributed by atoms with E-state index < -0.39 is 0 Å². The summed E-state index contributed by atoms with van der Waals surface area (Å²) >= 11 is 0. The number of hydrogen-bond donors (Lipinski definition) is 0. The maximum atomic E-state index is 6.01. The predicted octanol–water partition coefficient (Wildman–Crippen LogP) is 5.25. The van der Waals surface area contributed by atoms with Crippen molar-refractivity contribution in [1.82, 2.24) is 0 Å². The maximum absolute atomic E-state index is 6.01. The molecule has 0 amide bonds. The van der Waals surface area contributed by atoms with Crippen LogP contribution in [0.15, 0.2) is 23.8 Å². The highest BCUT2D eigenvalue weighted by molar-refractivity contribution is 5.28. The minimum absolute atomic E-state index is 0.272. The van der Waals surface area contributed by atoms with Gasteiger partial charge in [-0.05, 0) is 67.6 Å². The molecule has 0 aromatic carbocycles. The van der Waals surface area contributed by atoms with Gasteiger partial charge in [-0.2, -0.15) is 0 Å². The molecule has 4 fully saturated rings. The van der Waals surface area contributed by atoms with Gasteiger partial charge in [-0.15, -0.1) is 0 Å². The molecule has 1 saturated heterocycles. The molecule has 132 valence electrons. The van der Waals surface area contributed by atoms with E-state index in [0.717, 1.165) is 49.7 Å². The van der Waals surface area contributed by atoms with E-state index in [2.05, 4.69) is 19.6 Å². The number of allylic oxidation sites excluding steroid dienone is 2. The molecule has 5 unspecified atom stereocenters. The maximum Gasteiger partial charge on any atom is 0.172 e. The summed E-state index contributed by atoms with van der Waals surface area (Å²) in [4.78, 5) is 0. The molecule has 5 atom stereocenters. The molecule has 1 aliphatic heterocycles. The highest BCUT2D eigenvalue weighted by atomic mass is 16.7. The Morgan fingerprint density at radius 2 is 2.00 bits per heavy atom. The molecule has 5 rings (SSSR count). The third-order valence-corrected chi connectivity index (χ3v) is 8.39. The Bertz CT molecular complexity index is 571. The molecule has 0 N–H and O–H groups in total. The van der Waals surface area contributed by atoms with Gasteiger partial charge in [0.15, 0.2) is 5.79 Å². The van der Waals surface area contributed by atoms with E-state index in [-0.39, 0.29) is 5.79 Å². The summed E-state index contributed by atoms with van der Waals surface area (Å²) in [6, 6.07) is 0. The summed E-state index contributed by atoms with van der Waals surface area (Å²) < 4.78 is 12.0. The van der Waals surface area contributed by atoms with Crippen LogP contribution in [0.25, 0.3) is 0 Å². The standard InChI is InChI=1S/C22H32O2/c1-3-21-9-4-5-19(21)18-7-6-16-14-22(23-11-12-24-22)10-8-17(16)20(18)15(2)13-21/h6,17-20H,2-5,7-14H2,1H3. The van der Waals surface area contributed by atoms with Crippen LogP contribution in [0.2, 0.25) is 0 Å². The molecular weight excluding hydrogens is 296 g/mol. The van der Waals surface area contributed by atoms with Crippen LogP contribution in [-0.4, -0.2) is 19.0 Å². The van der Waals surface area contributed by atoms with Crippen molar-refractivity contribution < 1.29 is 9.47 Å². The molecule has 1 heterocycles. The molecular formula is C22H32O2. The zero-order chi connectivity index (χ0) is 16.4. The fourth-order valence-corrected chi connectivity index (χ4v) is 7.39. The predicted molar refractivity (Wildman–Crippen MR) is 95.5 cm³/mol. The first-order valence-electron chi connectivity index (χ1n) is 10.3. The second-order valence-electron chi connectivity index (χ2n) is 9.18. The van der Waals surface area contributed by atoms with Crippen LogP contribution in [-0.2, 0) is 9.47 Å². The fourth-order valence-electron chi connectivity index (χ4n) is 7.39. The molecule has 1 spiro atoms. The van der Waals surface area contributed by atoms with Crippen molar-refractivity contribution in [2.24, 2.45) is 29.1 Å². The summed E-state index contributed by atoms with van der Waals surface area (Å²) in [6.45, 7) is 8.62. The monoisotopic (exact) mass is 328 g/mol. The van der Waals surface area contributed by atoms with E-state index in [4.69, 9.17) is 9.47 Å². The normalized spacial score (nSPS) is 46.4. The van der Waals surface area contributed by atoms with E-state index in [1.807, 2.05) is 0 Å². The van der Waals surface area contributed by atoms with Gasteiger partial charge in [0.05, 0.1) is 13.2 Å². The quantitative estimate of drug-likeness (QED) is 0.612. The second-order valence-corrected chi connectivity index (χ2v) is 9.18. The lowest BCUT2D eigenvalue weighted by molar-refractivity contribution is -0.174. The van der Waals surface area contributed by atoms with E-state index in [0.29, 0.717) is 5.41 Å². The van der Waals surface area contributed by atoms with Crippen molar-refractivity contribution in [2.45, 2.75) is 70.5 Å². The third-order valence-electron chi connectivity index (χ3n) is 8.39. The molecule has 0 bridgehead atoms. The van der Waals surface area contributed by atoms with Crippen LogP contribution in [0, 0.1) is 29.1 Å². The summed E-state index contributed by atoms with van der Waals surface area (Å²) in [5.41, 5.74) is 3.81. The summed E-state index contributed by atoms with van der Waals surface area (Å²) in [5.74, 6) is 3.01. The van der Waals surface area contributed by atoms with Crippen molar-refractivity contribution in [2.75, 3.05) is 13.2 Å². The Morgan fingerprint density at radius 1 is 1.17 bits per heavy atom. The van der Waals surface area contributed by atoms with Crippen LogP contribution < -0.4 is 0 Å². The molecule has 0 radical (unpaired) electrons. The first-order chi connectivity index (χ1) is 11.7. The largest absolute Gasteiger partial charge is 0.347 e. The SMILES string of the molecule is C=C1CC2(CC)CCCC2C2CC=C3CC4(CCC3C12)OCCO4. The van der Waals surface area contributed by atoms with E-state index in [9.17, 15) is 0 Å². The lowest BCUT2D eigenvalue weighted by Crippen LogP contribution is -2.48. The Labute approximate surface area is 146 Å². The zero-order valence-electron chi connectivity index (χ0n) is 15.2. The van der Waals surface area contributed by atoms with E-state index in [1.54, 1.807) is 11.1 Å². The lowest BCUT2D eigenvalue weighted by atomic mass is 9.50. The van der Waals surface area contributed by atoms with Crippen LogP contribution in [0.3, 0.4) is 0 Å². The van der Waals surface area contributed by atoms with Crippen molar-refractivity contribution in [3.8, 4) is 0 Å². The van der Waals surface area contributed by atoms with Crippen LogP contribution >= 0.6 is 0 Å². The zero-order valence-corrected chi connectivity index (χ0v) is 15.2. The van der Waals surface area contributed by atoms with Crippen LogP contribution in [0.4, 0.5) is 0 Å². The van der Waals surface area contributed by atoms with E-state index >= 15 is 0 Å². The Balaban J connectivity index is 1.45. The van der Waals surface area contributed by atoms with E-state index in [1.165, 1.54) is 44.9 Å². The molecule has 0 aromatic rings. The fraction of sp³-hybridized carbons (Fsp3) is 0.818. The minimum atomic E-state index is -0.272. The number of rotatable bonds is 1. The van der Waals surface area contributed by atoms with Gasteiger partial charge in [-0.3, -0.25) is 0 Å². The third kappa shape index (κ3) is 2.08. The highest BCUT2D eigenvalue weighted by Crippen LogP contribution is 2.64. The van der Waals surface area contributed by atoms with Gasteiger partial charge in [0, 0.05) is 12.8 Å². The highest BCUT2D eigenvalue weighted by Gasteiger charge is 2.56. The summed E-state index contributed by atoms with van der Waals surface area (Å²) in [7, 11) is 0. The molecule has 2 nitrogen and oxygen atoms in total. The molecule has 24 heavy (non-hydrogen) atoms. The molecule has 2 heteroatoms. The first kappa shape index (κ1) is 15.6. The van der Waals surface area contributed by atoms with Crippen molar-refractivity contribution in [3.05, 3.63) is 23.8 Å². The average molecular weight is 328 g/mol. The van der Waals surface area contributed by atoms with Crippen LogP contribution in [0.1, 0.15) is 64.7 Å². The molecule has 5 aliphatic rings. The van der Waals surface area contributed by atoms with Gasteiger partial charge in [-0.1, -0.05) is 37.1 Å². The molecule has 4 aliphatic carbocycles. The summed E-state index contributed by atoms with van der Waals surface area (Å²) in [5, 5.41) is 0. The van der Waals surface area contributed by atoms with Gasteiger partial charge < -0.3 is 9.47 Å². The van der Waals surface area contributed by atoms with Crippen molar-refractivity contribution >= 4 is 0 Å². The van der Waals surface area contributed by atoms with Gasteiger partial charge in [0.1, 0.15) is 0 Å². The number of fused-ring (bicyclic) bond motifs is 5. The van der Waals surface area contributed by atoms with Crippen molar-refractivity contribution in [3.63, 3.8) is 0 Å². The Hall–Kier alpha value is -0.600. The second kappa shape index (κ2) is 5.45. The Morgan fingerprint density at radius 3 is 2.79 bits per heavy atom. The van der Waals surface area contributed by atoms with Gasteiger partial charge in [0.25, 0.3) is 0 Å². The summed E-state index contributed by atoms with van der Waals surface area (Å²) in [6.07, 6.45) is 14.2. The smallest absolute Gasteiger partial charge is 0.172 e. The van der Waals surface area contributed by atoms with Gasteiger partial charge >= 0.3 is 0 Å². The van der Waals surface area contributed by atoms with Gasteiger partial charge in [0.2, 0.25) is 0 Å². The lowest BCUT2D eigenvalue weighted by Gasteiger charge is -2.55. The molecule has 0 aromatic heterocycles. The minimum Gasteiger partial charge on any atom is -0.347 e. The number of hydrogen-bond acceptors (Lipinski definition) is 2. The van der Waals surface area contributed by atoms with Crippen LogP contribution in [0.5, 0.6) is 0 Å². The first-order valence-corrected chi connectivity index (χ1v) is 10.3. The molecule has 3 saturated carbocycles. The topological polar surface area (TPSA) is 18.5 Å². The Kier molecular flexibility index (Phi) is 3.55.